The topological polar surface area (TPSA) is 70.6 Å². The zero-order valence-electron chi connectivity index (χ0n) is 15.1. The SMILES string of the molecule is CCC(CS(=O)(=O)c1ccccc1)NC(=NC)NC1CCCCC1.I. The van der Waals surface area contributed by atoms with Gasteiger partial charge in [-0.1, -0.05) is 44.4 Å². The molecule has 1 aromatic rings. The van der Waals surface area contributed by atoms with Crippen LogP contribution in [-0.4, -0.2) is 39.3 Å². The average Bonchev–Trinajstić information content (AvgIpc) is 2.62. The third kappa shape index (κ3) is 7.13. The van der Waals surface area contributed by atoms with Gasteiger partial charge in [0.05, 0.1) is 10.6 Å². The first-order valence-electron chi connectivity index (χ1n) is 8.83. The molecular weight excluding hydrogens is 449 g/mol. The Bertz CT molecular complexity index is 629. The van der Waals surface area contributed by atoms with E-state index < -0.39 is 9.84 Å². The standard InChI is InChI=1S/C18H29N3O2S.HI/c1-3-15(14-24(22,23)17-12-8-5-9-13-17)20-18(19-2)21-16-10-6-4-7-11-16;/h5,8-9,12-13,15-16H,3-4,6-7,10-11,14H2,1-2H3,(H2,19,20,21);1H. The van der Waals surface area contributed by atoms with Crippen molar-refractivity contribution in [3.05, 3.63) is 30.3 Å². The number of nitrogens with zero attached hydrogens (tertiary/aromatic N) is 1. The van der Waals surface area contributed by atoms with E-state index in [4.69, 9.17) is 0 Å². The van der Waals surface area contributed by atoms with Crippen molar-refractivity contribution >= 4 is 39.8 Å². The molecule has 5 nitrogen and oxygen atoms in total. The molecule has 0 amide bonds. The summed E-state index contributed by atoms with van der Waals surface area (Å²) in [7, 11) is -1.57. The van der Waals surface area contributed by atoms with Gasteiger partial charge in [0.1, 0.15) is 0 Å². The van der Waals surface area contributed by atoms with Gasteiger partial charge in [0, 0.05) is 19.1 Å². The molecule has 1 saturated carbocycles. The monoisotopic (exact) mass is 479 g/mol. The predicted octanol–water partition coefficient (Wildman–Crippen LogP) is 3.35. The zero-order chi connectivity index (χ0) is 17.4. The van der Waals surface area contributed by atoms with Crippen LogP contribution in [0.15, 0.2) is 40.2 Å². The van der Waals surface area contributed by atoms with Crippen molar-refractivity contribution in [2.24, 2.45) is 4.99 Å². The Balaban J connectivity index is 0.00000312. The summed E-state index contributed by atoms with van der Waals surface area (Å²) in [6, 6.07) is 8.91. The lowest BCUT2D eigenvalue weighted by Crippen LogP contribution is -2.49. The van der Waals surface area contributed by atoms with E-state index in [1.165, 1.54) is 19.3 Å². The Morgan fingerprint density at radius 2 is 1.84 bits per heavy atom. The second kappa shape index (κ2) is 11.0. The van der Waals surface area contributed by atoms with Crippen LogP contribution in [0, 0.1) is 0 Å². The molecule has 1 aliphatic rings. The van der Waals surface area contributed by atoms with Gasteiger partial charge in [-0.3, -0.25) is 4.99 Å². The van der Waals surface area contributed by atoms with Crippen LogP contribution in [0.4, 0.5) is 0 Å². The summed E-state index contributed by atoms with van der Waals surface area (Å²) in [6.07, 6.45) is 6.82. The highest BCUT2D eigenvalue weighted by Gasteiger charge is 2.22. The first kappa shape index (κ1) is 22.2. The van der Waals surface area contributed by atoms with Crippen LogP contribution in [0.1, 0.15) is 45.4 Å². The number of sulfone groups is 1. The van der Waals surface area contributed by atoms with E-state index in [2.05, 4.69) is 15.6 Å². The molecule has 7 heteroatoms. The van der Waals surface area contributed by atoms with Gasteiger partial charge >= 0.3 is 0 Å². The molecule has 1 atom stereocenters. The van der Waals surface area contributed by atoms with E-state index in [0.717, 1.165) is 19.3 Å². The van der Waals surface area contributed by atoms with Gasteiger partial charge in [-0.15, -0.1) is 24.0 Å². The summed E-state index contributed by atoms with van der Waals surface area (Å²) < 4.78 is 25.1. The minimum Gasteiger partial charge on any atom is -0.354 e. The summed E-state index contributed by atoms with van der Waals surface area (Å²) in [6.45, 7) is 1.99. The predicted molar refractivity (Wildman–Crippen MR) is 114 cm³/mol. The van der Waals surface area contributed by atoms with Crippen LogP contribution in [0.5, 0.6) is 0 Å². The van der Waals surface area contributed by atoms with Crippen molar-refractivity contribution in [1.29, 1.82) is 0 Å². The van der Waals surface area contributed by atoms with Crippen molar-refractivity contribution in [3.8, 4) is 0 Å². The molecule has 0 spiro atoms. The first-order valence-corrected chi connectivity index (χ1v) is 10.5. The van der Waals surface area contributed by atoms with Gasteiger partial charge in [0.15, 0.2) is 15.8 Å². The van der Waals surface area contributed by atoms with E-state index in [0.29, 0.717) is 16.9 Å². The maximum absolute atomic E-state index is 12.6. The number of aliphatic imine (C=N–C) groups is 1. The molecule has 2 rings (SSSR count). The van der Waals surface area contributed by atoms with E-state index in [1.54, 1.807) is 31.3 Å². The smallest absolute Gasteiger partial charge is 0.191 e. The summed E-state index contributed by atoms with van der Waals surface area (Å²) in [5, 5.41) is 6.73. The van der Waals surface area contributed by atoms with Crippen molar-refractivity contribution in [2.45, 2.75) is 62.4 Å². The lowest BCUT2D eigenvalue weighted by atomic mass is 9.96. The normalized spacial score (nSPS) is 17.4. The molecular formula is C18H30IN3O2S. The molecule has 142 valence electrons. The molecule has 0 aromatic heterocycles. The molecule has 0 saturated heterocycles. The minimum atomic E-state index is -3.30. The lowest BCUT2D eigenvalue weighted by Gasteiger charge is -2.27. The van der Waals surface area contributed by atoms with Gasteiger partial charge in [-0.05, 0) is 31.4 Å². The van der Waals surface area contributed by atoms with Crippen molar-refractivity contribution in [3.63, 3.8) is 0 Å². The fourth-order valence-corrected chi connectivity index (χ4v) is 4.67. The number of guanidine groups is 1. The third-order valence-corrected chi connectivity index (χ3v) is 6.36. The summed E-state index contributed by atoms with van der Waals surface area (Å²) in [4.78, 5) is 4.65. The van der Waals surface area contributed by atoms with Crippen LogP contribution in [-0.2, 0) is 9.84 Å². The minimum absolute atomic E-state index is 0. The van der Waals surface area contributed by atoms with Crippen LogP contribution >= 0.6 is 24.0 Å². The Kier molecular flexibility index (Phi) is 9.78. The van der Waals surface area contributed by atoms with E-state index in [-0.39, 0.29) is 35.8 Å². The fourth-order valence-electron chi connectivity index (χ4n) is 3.05. The molecule has 1 unspecified atom stereocenters. The van der Waals surface area contributed by atoms with Crippen LogP contribution < -0.4 is 10.6 Å². The van der Waals surface area contributed by atoms with Gasteiger partial charge in [-0.25, -0.2) is 8.42 Å². The number of benzene rings is 1. The molecule has 25 heavy (non-hydrogen) atoms. The number of halogens is 1. The fraction of sp³-hybridized carbons (Fsp3) is 0.611. The molecule has 2 N–H and O–H groups in total. The van der Waals surface area contributed by atoms with Crippen LogP contribution in [0.3, 0.4) is 0 Å². The highest BCUT2D eigenvalue weighted by molar-refractivity contribution is 14.0. The Labute approximate surface area is 169 Å². The van der Waals surface area contributed by atoms with E-state index in [9.17, 15) is 8.42 Å². The molecule has 0 bridgehead atoms. The largest absolute Gasteiger partial charge is 0.354 e. The van der Waals surface area contributed by atoms with Gasteiger partial charge in [0.25, 0.3) is 0 Å². The first-order chi connectivity index (χ1) is 11.5. The molecule has 0 aliphatic heterocycles. The van der Waals surface area contributed by atoms with Crippen molar-refractivity contribution in [2.75, 3.05) is 12.8 Å². The van der Waals surface area contributed by atoms with Crippen LogP contribution in [0.25, 0.3) is 0 Å². The van der Waals surface area contributed by atoms with Gasteiger partial charge in [-0.2, -0.15) is 0 Å². The number of rotatable bonds is 6. The van der Waals surface area contributed by atoms with Crippen molar-refractivity contribution in [1.82, 2.24) is 10.6 Å². The van der Waals surface area contributed by atoms with Crippen molar-refractivity contribution < 1.29 is 8.42 Å². The zero-order valence-corrected chi connectivity index (χ0v) is 18.2. The second-order valence-electron chi connectivity index (χ2n) is 6.40. The summed E-state index contributed by atoms with van der Waals surface area (Å²) >= 11 is 0. The third-order valence-electron chi connectivity index (χ3n) is 4.53. The second-order valence-corrected chi connectivity index (χ2v) is 8.43. The summed E-state index contributed by atoms with van der Waals surface area (Å²) in [5.74, 6) is 0.774. The van der Waals surface area contributed by atoms with Gasteiger partial charge < -0.3 is 10.6 Å². The van der Waals surface area contributed by atoms with E-state index >= 15 is 0 Å². The lowest BCUT2D eigenvalue weighted by molar-refractivity contribution is 0.408. The maximum atomic E-state index is 12.6. The highest BCUT2D eigenvalue weighted by atomic mass is 127. The molecule has 1 aliphatic carbocycles. The number of hydrogen-bond donors (Lipinski definition) is 2. The Hall–Kier alpha value is -0.830. The highest BCUT2D eigenvalue weighted by Crippen LogP contribution is 2.17. The Morgan fingerprint density at radius 3 is 2.40 bits per heavy atom. The Morgan fingerprint density at radius 1 is 1.20 bits per heavy atom. The maximum Gasteiger partial charge on any atom is 0.191 e. The van der Waals surface area contributed by atoms with E-state index in [1.807, 2.05) is 13.0 Å². The molecule has 1 aromatic carbocycles. The summed E-state index contributed by atoms with van der Waals surface area (Å²) in [5.41, 5.74) is 0. The quantitative estimate of drug-likeness (QED) is 0.373. The average molecular weight is 479 g/mol. The number of nitrogens with one attached hydrogen (secondary N) is 2. The van der Waals surface area contributed by atoms with Gasteiger partial charge in [0.2, 0.25) is 0 Å². The molecule has 0 heterocycles. The van der Waals surface area contributed by atoms with Crippen LogP contribution in [0.2, 0.25) is 0 Å². The number of hydrogen-bond acceptors (Lipinski definition) is 3. The molecule has 1 fully saturated rings. The molecule has 0 radical (unpaired) electrons.